The highest BCUT2D eigenvalue weighted by Gasteiger charge is 2.53. The van der Waals surface area contributed by atoms with Gasteiger partial charge in [-0.05, 0) is 48.4 Å². The van der Waals surface area contributed by atoms with Crippen molar-refractivity contribution in [3.8, 4) is 11.5 Å². The summed E-state index contributed by atoms with van der Waals surface area (Å²) in [6.07, 6.45) is -3.32. The molecule has 1 saturated carbocycles. The Labute approximate surface area is 287 Å². The second-order valence-electron chi connectivity index (χ2n) is 11.5. The molecule has 9 nitrogen and oxygen atoms in total. The summed E-state index contributed by atoms with van der Waals surface area (Å²) in [5, 5.41) is -4.84. The van der Waals surface area contributed by atoms with Crippen molar-refractivity contribution in [2.75, 3.05) is 0 Å². The van der Waals surface area contributed by atoms with Crippen molar-refractivity contribution in [3.63, 3.8) is 0 Å². The van der Waals surface area contributed by atoms with E-state index in [-0.39, 0.29) is 68.7 Å². The minimum atomic E-state index is -5.95. The molecule has 2 aromatic carbocycles. The lowest BCUT2D eigenvalue weighted by atomic mass is 9.75. The van der Waals surface area contributed by atoms with Crippen LogP contribution in [-0.2, 0) is 67.2 Å². The van der Waals surface area contributed by atoms with Crippen molar-refractivity contribution < 1.29 is 50.3 Å². The number of carbonyl (C=O) groups is 3. The maximum atomic E-state index is 14.2. The molecule has 0 heterocycles. The normalized spacial score (nSPS) is 18.9. The summed E-state index contributed by atoms with van der Waals surface area (Å²) >= 11 is 0. The zero-order valence-electron chi connectivity index (χ0n) is 26.3. The first kappa shape index (κ1) is 39.4. The van der Waals surface area contributed by atoms with E-state index in [0.29, 0.717) is 40.3 Å². The number of hydrogen-bond acceptors (Lipinski definition) is 8. The number of esters is 3. The fourth-order valence-corrected chi connectivity index (χ4v) is 6.04. The maximum absolute atomic E-state index is 14.2. The summed E-state index contributed by atoms with van der Waals surface area (Å²) < 4.78 is 76.0. The summed E-state index contributed by atoms with van der Waals surface area (Å²) in [5.41, 5.74) is 3.03. The maximum Gasteiger partial charge on any atom is 0.405 e. The molecule has 0 amide bonds. The molecule has 1 aliphatic carbocycles. The van der Waals surface area contributed by atoms with Crippen LogP contribution in [0.3, 0.4) is 0 Å². The van der Waals surface area contributed by atoms with Crippen LogP contribution >= 0.6 is 0 Å². The van der Waals surface area contributed by atoms with Crippen molar-refractivity contribution in [3.05, 3.63) is 57.6 Å². The second-order valence-corrected chi connectivity index (χ2v) is 13.0. The van der Waals surface area contributed by atoms with Crippen molar-refractivity contribution in [2.24, 2.45) is 17.8 Å². The first-order valence-corrected chi connectivity index (χ1v) is 16.5. The summed E-state index contributed by atoms with van der Waals surface area (Å²) in [6, 6.07) is 6.55. The molecule has 48 heavy (non-hydrogen) atoms. The van der Waals surface area contributed by atoms with Gasteiger partial charge in [-0.2, -0.15) is 17.2 Å². The van der Waals surface area contributed by atoms with E-state index in [0.717, 1.165) is 0 Å². The molecule has 0 saturated heterocycles. The molecular formula is C30H30B6F2O9S. The van der Waals surface area contributed by atoms with Gasteiger partial charge in [0.25, 0.3) is 0 Å². The fourth-order valence-electron chi connectivity index (χ4n) is 5.57. The minimum Gasteiger partial charge on any atom is -0.455 e. The number of carbonyl (C=O) groups excluding carboxylic acids is 3. The third kappa shape index (κ3) is 8.97. The van der Waals surface area contributed by atoms with Gasteiger partial charge in [0.1, 0.15) is 11.5 Å². The molecule has 3 unspecified atom stereocenters. The SMILES string of the molecule is [B]Cc1cc(C[B])c(OC(=O)C2CC(C(=O)Oc3c(C[B])cc(C[B])cc3C[B])CC(C(=O)OC(C)C(F)(F)S(=O)(=O)O)C2)c(C[B])c1. The Balaban J connectivity index is 1.98. The van der Waals surface area contributed by atoms with Crippen molar-refractivity contribution >= 4 is 75.1 Å². The Kier molecular flexibility index (Phi) is 13.7. The summed E-state index contributed by atoms with van der Waals surface area (Å²) in [7, 11) is 29.1. The Bertz CT molecular complexity index is 1490. The highest BCUT2D eigenvalue weighted by atomic mass is 32.2. The average Bonchev–Trinajstić information content (AvgIpc) is 3.07. The van der Waals surface area contributed by atoms with Gasteiger partial charge in [0.2, 0.25) is 0 Å². The van der Waals surface area contributed by atoms with Gasteiger partial charge >= 0.3 is 33.3 Å². The van der Waals surface area contributed by atoms with Gasteiger partial charge in [-0.3, -0.25) is 18.9 Å². The van der Waals surface area contributed by atoms with E-state index in [1.807, 2.05) is 0 Å². The van der Waals surface area contributed by atoms with E-state index in [2.05, 4.69) is 0 Å². The van der Waals surface area contributed by atoms with Crippen LogP contribution in [0.1, 0.15) is 59.6 Å². The Morgan fingerprint density at radius 3 is 1.29 bits per heavy atom. The number of halogens is 2. The molecule has 12 radical (unpaired) electrons. The predicted octanol–water partition coefficient (Wildman–Crippen LogP) is 1.65. The van der Waals surface area contributed by atoms with E-state index in [1.165, 1.54) is 0 Å². The smallest absolute Gasteiger partial charge is 0.405 e. The molecule has 242 valence electrons. The van der Waals surface area contributed by atoms with Gasteiger partial charge in [-0.1, -0.05) is 73.3 Å². The molecule has 1 fully saturated rings. The Morgan fingerprint density at radius 2 is 1.02 bits per heavy atom. The molecule has 2 aromatic rings. The van der Waals surface area contributed by atoms with E-state index in [4.69, 9.17) is 65.8 Å². The number of alkyl halides is 2. The van der Waals surface area contributed by atoms with Crippen LogP contribution in [0.4, 0.5) is 8.78 Å². The average molecular weight is 669 g/mol. The number of benzene rings is 2. The first-order chi connectivity index (χ1) is 22.5. The predicted molar refractivity (Wildman–Crippen MR) is 177 cm³/mol. The quantitative estimate of drug-likeness (QED) is 0.138. The largest absolute Gasteiger partial charge is 0.455 e. The van der Waals surface area contributed by atoms with Crippen molar-refractivity contribution in [2.45, 2.75) is 75.5 Å². The zero-order chi connectivity index (χ0) is 36.0. The number of rotatable bonds is 14. The molecule has 0 aromatic heterocycles. The minimum absolute atomic E-state index is 0.0478. The fraction of sp³-hybridized carbons (Fsp3) is 0.500. The van der Waals surface area contributed by atoms with Gasteiger partial charge in [0, 0.05) is 0 Å². The van der Waals surface area contributed by atoms with Crippen molar-refractivity contribution in [1.29, 1.82) is 0 Å². The molecule has 0 aliphatic heterocycles. The molecule has 3 atom stereocenters. The van der Waals surface area contributed by atoms with Crippen LogP contribution in [0.15, 0.2) is 24.3 Å². The van der Waals surface area contributed by atoms with Crippen LogP contribution in [-0.4, -0.2) is 89.3 Å². The third-order valence-electron chi connectivity index (χ3n) is 8.18. The van der Waals surface area contributed by atoms with Crippen LogP contribution in [0.2, 0.25) is 0 Å². The monoisotopic (exact) mass is 670 g/mol. The topological polar surface area (TPSA) is 133 Å². The van der Waals surface area contributed by atoms with E-state index < -0.39 is 57.1 Å². The van der Waals surface area contributed by atoms with E-state index >= 15 is 0 Å². The number of ether oxygens (including phenoxy) is 3. The van der Waals surface area contributed by atoms with E-state index in [1.54, 1.807) is 24.3 Å². The van der Waals surface area contributed by atoms with Crippen LogP contribution in [0.5, 0.6) is 11.5 Å². The van der Waals surface area contributed by atoms with Gasteiger partial charge in [-0.15, -0.1) is 0 Å². The third-order valence-corrected chi connectivity index (χ3v) is 9.20. The van der Waals surface area contributed by atoms with Crippen LogP contribution in [0.25, 0.3) is 0 Å². The summed E-state index contributed by atoms with van der Waals surface area (Å²) in [5.74, 6) is -6.69. The zero-order valence-corrected chi connectivity index (χ0v) is 27.1. The van der Waals surface area contributed by atoms with Crippen LogP contribution < -0.4 is 9.47 Å². The van der Waals surface area contributed by atoms with Gasteiger partial charge < -0.3 is 14.2 Å². The lowest BCUT2D eigenvalue weighted by molar-refractivity contribution is -0.168. The molecule has 3 rings (SSSR count). The molecule has 18 heteroatoms. The Hall–Kier alpha value is -2.99. The molecular weight excluding hydrogens is 639 g/mol. The van der Waals surface area contributed by atoms with E-state index in [9.17, 15) is 31.6 Å². The molecule has 1 N–H and O–H groups in total. The molecule has 1 aliphatic rings. The lowest BCUT2D eigenvalue weighted by Gasteiger charge is -2.33. The summed E-state index contributed by atoms with van der Waals surface area (Å²) in [6.45, 7) is 0.577. The number of hydrogen-bond donors (Lipinski definition) is 1. The highest BCUT2D eigenvalue weighted by molar-refractivity contribution is 7.86. The van der Waals surface area contributed by atoms with Crippen LogP contribution in [0, 0.1) is 17.8 Å². The standard InChI is InChI=1S/C30H30B6F2O9S/c1-15(30(37,38)48(42,43)44)45-27(39)18-6-19(28(40)46-25-21(11-33)2-16(9-31)3-22(25)12-34)8-20(7-18)29(41)47-26-23(13-35)4-17(10-32)5-24(26)14-36/h2-5,15,18-20H,6-14H2,1H3,(H,42,43,44). The second kappa shape index (κ2) is 16.6. The first-order valence-electron chi connectivity index (χ1n) is 15.0. The summed E-state index contributed by atoms with van der Waals surface area (Å²) in [4.78, 5) is 40.4. The van der Waals surface area contributed by atoms with Gasteiger partial charge in [-0.25, -0.2) is 0 Å². The van der Waals surface area contributed by atoms with Crippen molar-refractivity contribution in [1.82, 2.24) is 0 Å². The lowest BCUT2D eigenvalue weighted by Crippen LogP contribution is -2.44. The highest BCUT2D eigenvalue weighted by Crippen LogP contribution is 2.39. The van der Waals surface area contributed by atoms with Gasteiger partial charge in [0.05, 0.1) is 64.8 Å². The molecule has 0 bridgehead atoms. The Morgan fingerprint density at radius 1 is 0.708 bits per heavy atom. The van der Waals surface area contributed by atoms with Gasteiger partial charge in [0.15, 0.2) is 6.10 Å². The molecule has 0 spiro atoms.